The summed E-state index contributed by atoms with van der Waals surface area (Å²) in [6, 6.07) is 2.99. The number of hydrogen-bond acceptors (Lipinski definition) is 2. The number of fused-ring (bicyclic) bond motifs is 1. The van der Waals surface area contributed by atoms with Gasteiger partial charge >= 0.3 is 0 Å². The van der Waals surface area contributed by atoms with Crippen molar-refractivity contribution < 1.29 is 4.39 Å². The van der Waals surface area contributed by atoms with Crippen molar-refractivity contribution in [1.82, 2.24) is 4.98 Å². The minimum absolute atomic E-state index is 0.0134. The topological polar surface area (TPSA) is 58.9 Å². The highest BCUT2D eigenvalue weighted by Gasteiger charge is 2.10. The van der Waals surface area contributed by atoms with Gasteiger partial charge in [-0.1, -0.05) is 0 Å². The molecule has 2 aromatic rings. The van der Waals surface area contributed by atoms with Crippen LogP contribution in [0.2, 0.25) is 0 Å². The molecule has 3 nitrogen and oxygen atoms in total. The van der Waals surface area contributed by atoms with E-state index in [9.17, 15) is 9.18 Å². The lowest BCUT2D eigenvalue weighted by atomic mass is 10.1. The number of aromatic nitrogens is 1. The maximum atomic E-state index is 13.3. The molecule has 0 bridgehead atoms. The Bertz CT molecular complexity index is 564. The highest BCUT2D eigenvalue weighted by Crippen LogP contribution is 2.27. The zero-order valence-corrected chi connectivity index (χ0v) is 8.56. The molecule has 14 heavy (non-hydrogen) atoms. The van der Waals surface area contributed by atoms with E-state index in [1.807, 2.05) is 0 Å². The van der Waals surface area contributed by atoms with Crippen LogP contribution in [0.25, 0.3) is 10.8 Å². The van der Waals surface area contributed by atoms with Crippen LogP contribution in [0.4, 0.5) is 10.1 Å². The zero-order chi connectivity index (χ0) is 10.3. The standard InChI is InChI=1S/C9H6BrFN2O/c10-6-3-5-4(8(12)7(6)11)1-2-13-9(5)14/h1-3H,12H2,(H,13,14). The van der Waals surface area contributed by atoms with Crippen molar-refractivity contribution >= 4 is 32.4 Å². The molecular formula is C9H6BrFN2O. The van der Waals surface area contributed by atoms with Gasteiger partial charge in [0.1, 0.15) is 0 Å². The van der Waals surface area contributed by atoms with Crippen LogP contribution in [0.3, 0.4) is 0 Å². The maximum absolute atomic E-state index is 13.3. The van der Waals surface area contributed by atoms with Gasteiger partial charge in [0.25, 0.3) is 5.56 Å². The molecule has 0 aliphatic heterocycles. The van der Waals surface area contributed by atoms with E-state index in [1.54, 1.807) is 6.07 Å². The van der Waals surface area contributed by atoms with E-state index in [-0.39, 0.29) is 15.7 Å². The van der Waals surface area contributed by atoms with E-state index in [0.29, 0.717) is 10.8 Å². The molecule has 1 aromatic heterocycles. The molecule has 1 aromatic carbocycles. The van der Waals surface area contributed by atoms with E-state index in [0.717, 1.165) is 0 Å². The summed E-state index contributed by atoms with van der Waals surface area (Å²) < 4.78 is 13.5. The molecule has 0 unspecified atom stereocenters. The molecule has 1 heterocycles. The van der Waals surface area contributed by atoms with Crippen LogP contribution in [-0.4, -0.2) is 4.98 Å². The number of nitrogens with two attached hydrogens (primary N) is 1. The van der Waals surface area contributed by atoms with Gasteiger partial charge < -0.3 is 10.7 Å². The first-order valence-corrected chi connectivity index (χ1v) is 4.65. The highest BCUT2D eigenvalue weighted by atomic mass is 79.9. The molecule has 72 valence electrons. The Morgan fingerprint density at radius 2 is 2.14 bits per heavy atom. The Labute approximate surface area is 86.9 Å². The van der Waals surface area contributed by atoms with Crippen LogP contribution in [0.5, 0.6) is 0 Å². The van der Waals surface area contributed by atoms with Gasteiger partial charge in [-0.05, 0) is 28.1 Å². The molecule has 0 saturated carbocycles. The van der Waals surface area contributed by atoms with Crippen molar-refractivity contribution in [3.8, 4) is 0 Å². The third-order valence-corrected chi connectivity index (χ3v) is 2.58. The molecule has 0 atom stereocenters. The Morgan fingerprint density at radius 1 is 1.43 bits per heavy atom. The lowest BCUT2D eigenvalue weighted by molar-refractivity contribution is 0.627. The summed E-state index contributed by atoms with van der Waals surface area (Å²) in [5.41, 5.74) is 5.23. The number of nitrogens with one attached hydrogen (secondary N) is 1. The van der Waals surface area contributed by atoms with Gasteiger partial charge in [-0.25, -0.2) is 4.39 Å². The average molecular weight is 257 g/mol. The van der Waals surface area contributed by atoms with Gasteiger partial charge in [-0.15, -0.1) is 0 Å². The molecule has 0 spiro atoms. The maximum Gasteiger partial charge on any atom is 0.255 e. The fourth-order valence-electron chi connectivity index (χ4n) is 1.31. The summed E-state index contributed by atoms with van der Waals surface area (Å²) in [5.74, 6) is -0.539. The quantitative estimate of drug-likeness (QED) is 0.709. The van der Waals surface area contributed by atoms with Gasteiger partial charge in [-0.3, -0.25) is 4.79 Å². The van der Waals surface area contributed by atoms with E-state index in [2.05, 4.69) is 20.9 Å². The third kappa shape index (κ3) is 1.21. The highest BCUT2D eigenvalue weighted by molar-refractivity contribution is 9.10. The number of pyridine rings is 1. The number of hydrogen-bond donors (Lipinski definition) is 2. The van der Waals surface area contributed by atoms with Gasteiger partial charge in [0.2, 0.25) is 0 Å². The number of H-pyrrole nitrogens is 1. The first-order valence-electron chi connectivity index (χ1n) is 3.86. The molecule has 0 aliphatic rings. The first kappa shape index (κ1) is 9.21. The van der Waals surface area contributed by atoms with Crippen molar-refractivity contribution in [1.29, 1.82) is 0 Å². The van der Waals surface area contributed by atoms with Gasteiger partial charge in [-0.2, -0.15) is 0 Å². The van der Waals surface area contributed by atoms with E-state index < -0.39 is 5.82 Å². The summed E-state index contributed by atoms with van der Waals surface area (Å²) in [5, 5.41) is 0.799. The summed E-state index contributed by atoms with van der Waals surface area (Å²) in [4.78, 5) is 13.8. The van der Waals surface area contributed by atoms with Crippen molar-refractivity contribution in [3.63, 3.8) is 0 Å². The summed E-state index contributed by atoms with van der Waals surface area (Å²) >= 11 is 2.99. The Morgan fingerprint density at radius 3 is 2.86 bits per heavy atom. The number of benzene rings is 1. The molecule has 5 heteroatoms. The van der Waals surface area contributed by atoms with E-state index in [4.69, 9.17) is 5.73 Å². The fourth-order valence-corrected chi connectivity index (χ4v) is 1.75. The predicted octanol–water partition coefficient (Wildman–Crippen LogP) is 2.01. The Balaban J connectivity index is 3.06. The molecule has 0 saturated heterocycles. The largest absolute Gasteiger partial charge is 0.396 e. The molecule has 0 fully saturated rings. The van der Waals surface area contributed by atoms with Crippen molar-refractivity contribution in [3.05, 3.63) is 39.0 Å². The summed E-state index contributed by atoms with van der Waals surface area (Å²) in [6.45, 7) is 0. The van der Waals surface area contributed by atoms with Gasteiger partial charge in [0.15, 0.2) is 5.82 Å². The minimum Gasteiger partial charge on any atom is -0.396 e. The van der Waals surface area contributed by atoms with Crippen LogP contribution in [0.1, 0.15) is 0 Å². The Kier molecular flexibility index (Phi) is 2.03. The molecule has 0 radical (unpaired) electrons. The van der Waals surface area contributed by atoms with Crippen molar-refractivity contribution in [2.45, 2.75) is 0 Å². The van der Waals surface area contributed by atoms with E-state index in [1.165, 1.54) is 12.3 Å². The van der Waals surface area contributed by atoms with Crippen LogP contribution < -0.4 is 11.3 Å². The molecule has 0 aliphatic carbocycles. The Hall–Kier alpha value is -1.36. The lowest BCUT2D eigenvalue weighted by Crippen LogP contribution is -2.06. The number of anilines is 1. The van der Waals surface area contributed by atoms with Crippen molar-refractivity contribution in [2.75, 3.05) is 5.73 Å². The van der Waals surface area contributed by atoms with Crippen LogP contribution in [0, 0.1) is 5.82 Å². The van der Waals surface area contributed by atoms with Crippen LogP contribution in [-0.2, 0) is 0 Å². The SMILES string of the molecule is Nc1c(F)c(Br)cc2c(=O)[nH]ccc12. The normalized spacial score (nSPS) is 10.7. The van der Waals surface area contributed by atoms with Crippen LogP contribution >= 0.6 is 15.9 Å². The second kappa shape index (κ2) is 3.09. The smallest absolute Gasteiger partial charge is 0.255 e. The second-order valence-electron chi connectivity index (χ2n) is 2.85. The average Bonchev–Trinajstić information content (AvgIpc) is 2.17. The van der Waals surface area contributed by atoms with Crippen LogP contribution in [0.15, 0.2) is 27.6 Å². The van der Waals surface area contributed by atoms with Crippen molar-refractivity contribution in [2.24, 2.45) is 0 Å². The van der Waals surface area contributed by atoms with Gasteiger partial charge in [0.05, 0.1) is 15.5 Å². The van der Waals surface area contributed by atoms with E-state index >= 15 is 0 Å². The second-order valence-corrected chi connectivity index (χ2v) is 3.71. The predicted molar refractivity (Wildman–Crippen MR) is 56.6 cm³/mol. The molecule has 2 rings (SSSR count). The molecule has 3 N–H and O–H groups in total. The number of aromatic amines is 1. The summed E-state index contributed by atoms with van der Waals surface area (Å²) in [7, 11) is 0. The molecular weight excluding hydrogens is 251 g/mol. The third-order valence-electron chi connectivity index (χ3n) is 2.01. The number of halogens is 2. The fraction of sp³-hybridized carbons (Fsp3) is 0. The molecule has 0 amide bonds. The lowest BCUT2D eigenvalue weighted by Gasteiger charge is -2.03. The zero-order valence-electron chi connectivity index (χ0n) is 6.97. The first-order chi connectivity index (χ1) is 6.61. The summed E-state index contributed by atoms with van der Waals surface area (Å²) in [6.07, 6.45) is 1.44. The van der Waals surface area contributed by atoms with Gasteiger partial charge in [0, 0.05) is 11.6 Å². The monoisotopic (exact) mass is 256 g/mol. The number of rotatable bonds is 0. The number of nitrogen functional groups attached to an aromatic ring is 1. The minimum atomic E-state index is -0.539.